The summed E-state index contributed by atoms with van der Waals surface area (Å²) in [6.45, 7) is 1.94. The molecule has 0 unspecified atom stereocenters. The maximum Gasteiger partial charge on any atom is 0.310 e. The monoisotopic (exact) mass is 307 g/mol. The third kappa shape index (κ3) is 4.07. The van der Waals surface area contributed by atoms with Crippen molar-refractivity contribution < 1.29 is 14.1 Å². The van der Waals surface area contributed by atoms with Gasteiger partial charge in [-0.1, -0.05) is 59.8 Å². The van der Waals surface area contributed by atoms with Gasteiger partial charge in [-0.3, -0.25) is 4.79 Å². The summed E-state index contributed by atoms with van der Waals surface area (Å²) in [5, 5.41) is 3.75. The van der Waals surface area contributed by atoms with Gasteiger partial charge in [-0.2, -0.15) is 0 Å². The molecule has 0 bridgehead atoms. The molecule has 3 rings (SSSR count). The highest BCUT2D eigenvalue weighted by atomic mass is 16.5. The first-order chi connectivity index (χ1) is 11.2. The average Bonchev–Trinajstić information content (AvgIpc) is 3.00. The van der Waals surface area contributed by atoms with Crippen molar-refractivity contribution in [1.29, 1.82) is 0 Å². The molecule has 0 N–H and O–H groups in total. The molecule has 0 spiro atoms. The lowest BCUT2D eigenvalue weighted by Gasteiger charge is -2.05. The maximum atomic E-state index is 11.9. The van der Waals surface area contributed by atoms with Crippen LogP contribution < -0.4 is 0 Å². The first kappa shape index (κ1) is 15.0. The van der Waals surface area contributed by atoms with E-state index in [4.69, 9.17) is 9.26 Å². The molecule has 0 fully saturated rings. The van der Waals surface area contributed by atoms with Gasteiger partial charge >= 0.3 is 5.97 Å². The number of aryl methyl sites for hydroxylation is 1. The van der Waals surface area contributed by atoms with Crippen LogP contribution in [0.5, 0.6) is 0 Å². The molecule has 2 aromatic carbocycles. The van der Waals surface area contributed by atoms with Crippen molar-refractivity contribution in [1.82, 2.24) is 5.16 Å². The summed E-state index contributed by atoms with van der Waals surface area (Å²) in [4.78, 5) is 11.9. The summed E-state index contributed by atoms with van der Waals surface area (Å²) >= 11 is 0. The summed E-state index contributed by atoms with van der Waals surface area (Å²) in [6, 6.07) is 19.8. The van der Waals surface area contributed by atoms with Gasteiger partial charge in [0, 0.05) is 6.07 Å². The highest BCUT2D eigenvalue weighted by Gasteiger charge is 2.08. The molecule has 0 aliphatic rings. The van der Waals surface area contributed by atoms with Gasteiger partial charge in [0.1, 0.15) is 0 Å². The molecular weight excluding hydrogens is 290 g/mol. The van der Waals surface area contributed by atoms with Crippen LogP contribution in [0.3, 0.4) is 0 Å². The van der Waals surface area contributed by atoms with Gasteiger partial charge in [-0.05, 0) is 23.6 Å². The topological polar surface area (TPSA) is 52.3 Å². The lowest BCUT2D eigenvalue weighted by molar-refractivity contribution is -0.144. The van der Waals surface area contributed by atoms with Crippen LogP contribution in [-0.2, 0) is 22.6 Å². The molecule has 4 heteroatoms. The zero-order valence-corrected chi connectivity index (χ0v) is 12.9. The van der Waals surface area contributed by atoms with E-state index < -0.39 is 0 Å². The first-order valence-corrected chi connectivity index (χ1v) is 7.43. The number of nitrogens with zero attached hydrogens (tertiary/aromatic N) is 1. The average molecular weight is 307 g/mol. The van der Waals surface area contributed by atoms with Crippen LogP contribution in [0.2, 0.25) is 0 Å². The minimum Gasteiger partial charge on any atom is -0.457 e. The Hall–Kier alpha value is -2.88. The lowest BCUT2D eigenvalue weighted by atomic mass is 10.0. The van der Waals surface area contributed by atoms with Crippen LogP contribution in [0.1, 0.15) is 17.0 Å². The van der Waals surface area contributed by atoms with E-state index in [9.17, 15) is 4.79 Å². The summed E-state index contributed by atoms with van der Waals surface area (Å²) in [5.74, 6) is 0.266. The van der Waals surface area contributed by atoms with E-state index >= 15 is 0 Å². The third-order valence-electron chi connectivity index (χ3n) is 3.46. The second kappa shape index (κ2) is 6.92. The Kier molecular flexibility index (Phi) is 4.52. The molecule has 0 saturated heterocycles. The van der Waals surface area contributed by atoms with Gasteiger partial charge < -0.3 is 9.26 Å². The standard InChI is InChI=1S/C19H17NO3/c1-14-11-18(23-20-14)13-22-19(21)12-15-7-9-17(10-8-15)16-5-3-2-4-6-16/h2-11H,12-13H2,1H3. The Bertz CT molecular complexity index is 776. The molecule has 0 radical (unpaired) electrons. The van der Waals surface area contributed by atoms with Crippen LogP contribution in [-0.4, -0.2) is 11.1 Å². The van der Waals surface area contributed by atoms with Gasteiger partial charge in [0.05, 0.1) is 12.1 Å². The molecule has 3 aromatic rings. The fourth-order valence-electron chi connectivity index (χ4n) is 2.30. The summed E-state index contributed by atoms with van der Waals surface area (Å²) in [5.41, 5.74) is 3.97. The number of carbonyl (C=O) groups excluding carboxylic acids is 1. The number of carbonyl (C=O) groups is 1. The summed E-state index contributed by atoms with van der Waals surface area (Å²) < 4.78 is 10.2. The Morgan fingerprint density at radius 1 is 1.04 bits per heavy atom. The predicted octanol–water partition coefficient (Wildman–Crippen LogP) is 3.94. The van der Waals surface area contributed by atoms with Crippen LogP contribution >= 0.6 is 0 Å². The normalized spacial score (nSPS) is 10.5. The fourth-order valence-corrected chi connectivity index (χ4v) is 2.30. The molecule has 23 heavy (non-hydrogen) atoms. The number of ether oxygens (including phenoxy) is 1. The Morgan fingerprint density at radius 2 is 1.74 bits per heavy atom. The highest BCUT2D eigenvalue weighted by Crippen LogP contribution is 2.19. The van der Waals surface area contributed by atoms with Gasteiger partial charge in [-0.15, -0.1) is 0 Å². The molecule has 0 aliphatic heterocycles. The second-order valence-electron chi connectivity index (χ2n) is 5.34. The van der Waals surface area contributed by atoms with Gasteiger partial charge in [0.25, 0.3) is 0 Å². The van der Waals surface area contributed by atoms with E-state index in [1.807, 2.05) is 49.4 Å². The number of benzene rings is 2. The molecule has 0 aliphatic carbocycles. The first-order valence-electron chi connectivity index (χ1n) is 7.43. The smallest absolute Gasteiger partial charge is 0.310 e. The predicted molar refractivity (Wildman–Crippen MR) is 86.6 cm³/mol. The molecule has 1 heterocycles. The van der Waals surface area contributed by atoms with Gasteiger partial charge in [-0.25, -0.2) is 0 Å². The molecule has 0 atom stereocenters. The van der Waals surface area contributed by atoms with E-state index in [1.165, 1.54) is 0 Å². The van der Waals surface area contributed by atoms with Crippen molar-refractivity contribution in [2.45, 2.75) is 20.0 Å². The molecule has 4 nitrogen and oxygen atoms in total. The van der Waals surface area contributed by atoms with Crippen LogP contribution in [0.25, 0.3) is 11.1 Å². The third-order valence-corrected chi connectivity index (χ3v) is 3.46. The van der Waals surface area contributed by atoms with E-state index in [1.54, 1.807) is 6.07 Å². The second-order valence-corrected chi connectivity index (χ2v) is 5.34. The maximum absolute atomic E-state index is 11.9. The van der Waals surface area contributed by atoms with Crippen LogP contribution in [0.15, 0.2) is 65.2 Å². The lowest BCUT2D eigenvalue weighted by Crippen LogP contribution is -2.07. The van der Waals surface area contributed by atoms with Crippen molar-refractivity contribution in [3.63, 3.8) is 0 Å². The van der Waals surface area contributed by atoms with Gasteiger partial charge in [0.15, 0.2) is 12.4 Å². The summed E-state index contributed by atoms with van der Waals surface area (Å²) in [6.07, 6.45) is 0.238. The Labute approximate surface area is 134 Å². The number of hydrogen-bond acceptors (Lipinski definition) is 4. The molecular formula is C19H17NO3. The van der Waals surface area contributed by atoms with Crippen LogP contribution in [0, 0.1) is 6.92 Å². The molecule has 1 aromatic heterocycles. The molecule has 0 saturated carbocycles. The van der Waals surface area contributed by atoms with Crippen LogP contribution in [0.4, 0.5) is 0 Å². The van der Waals surface area contributed by atoms with E-state index in [-0.39, 0.29) is 19.0 Å². The quantitative estimate of drug-likeness (QED) is 0.670. The number of aromatic nitrogens is 1. The minimum atomic E-state index is -0.286. The van der Waals surface area contributed by atoms with Crippen molar-refractivity contribution in [3.05, 3.63) is 77.7 Å². The van der Waals surface area contributed by atoms with Gasteiger partial charge in [0.2, 0.25) is 0 Å². The fraction of sp³-hybridized carbons (Fsp3) is 0.158. The molecule has 0 amide bonds. The van der Waals surface area contributed by atoms with Crippen molar-refractivity contribution in [3.8, 4) is 11.1 Å². The number of hydrogen-bond donors (Lipinski definition) is 0. The number of rotatable bonds is 5. The Morgan fingerprint density at radius 3 is 2.39 bits per heavy atom. The minimum absolute atomic E-state index is 0.113. The largest absolute Gasteiger partial charge is 0.457 e. The van der Waals surface area contributed by atoms with E-state index in [0.29, 0.717) is 5.76 Å². The zero-order chi connectivity index (χ0) is 16.1. The Balaban J connectivity index is 1.56. The SMILES string of the molecule is Cc1cc(COC(=O)Cc2ccc(-c3ccccc3)cc2)on1. The zero-order valence-electron chi connectivity index (χ0n) is 12.9. The van der Waals surface area contributed by atoms with E-state index in [0.717, 1.165) is 22.4 Å². The highest BCUT2D eigenvalue weighted by molar-refractivity contribution is 5.73. The van der Waals surface area contributed by atoms with E-state index in [2.05, 4.69) is 17.3 Å². The number of esters is 1. The molecule has 116 valence electrons. The van der Waals surface area contributed by atoms with Crippen molar-refractivity contribution in [2.75, 3.05) is 0 Å². The van der Waals surface area contributed by atoms with Crippen molar-refractivity contribution in [2.24, 2.45) is 0 Å². The summed E-state index contributed by atoms with van der Waals surface area (Å²) in [7, 11) is 0. The van der Waals surface area contributed by atoms with Crippen molar-refractivity contribution >= 4 is 5.97 Å².